The van der Waals surface area contributed by atoms with Gasteiger partial charge in [0.15, 0.2) is 0 Å². The normalized spacial score (nSPS) is 24.8. The highest BCUT2D eigenvalue weighted by molar-refractivity contribution is 5.66. The number of carboxylic acids is 1. The van der Waals surface area contributed by atoms with Gasteiger partial charge in [0.2, 0.25) is 0 Å². The highest BCUT2D eigenvalue weighted by atomic mass is 16.4. The molecule has 0 saturated carbocycles. The molecule has 0 amide bonds. The highest BCUT2D eigenvalue weighted by Crippen LogP contribution is 2.22. The van der Waals surface area contributed by atoms with Gasteiger partial charge in [-0.3, -0.25) is 9.69 Å². The fraction of sp³-hybridized carbons (Fsp3) is 0.727. The lowest BCUT2D eigenvalue weighted by Crippen LogP contribution is -2.29. The zero-order valence-corrected chi connectivity index (χ0v) is 8.78. The highest BCUT2D eigenvalue weighted by Gasteiger charge is 2.24. The van der Waals surface area contributed by atoms with Crippen LogP contribution in [-0.2, 0) is 4.79 Å². The minimum absolute atomic E-state index is 0.307. The van der Waals surface area contributed by atoms with Crippen molar-refractivity contribution in [2.24, 2.45) is 5.92 Å². The summed E-state index contributed by atoms with van der Waals surface area (Å²) in [5.41, 5.74) is 0. The van der Waals surface area contributed by atoms with Crippen LogP contribution in [0.4, 0.5) is 0 Å². The van der Waals surface area contributed by atoms with E-state index in [1.165, 1.54) is 0 Å². The molecule has 1 aliphatic rings. The first-order valence-corrected chi connectivity index (χ1v) is 5.22. The number of carboxylic acid groups (broad SMARTS) is 1. The van der Waals surface area contributed by atoms with Crippen LogP contribution in [0.5, 0.6) is 0 Å². The molecule has 0 aromatic rings. The number of hydrogen-bond acceptors (Lipinski definition) is 2. The summed E-state index contributed by atoms with van der Waals surface area (Å²) in [5, 5.41) is 8.57. The maximum Gasteiger partial charge on any atom is 0.303 e. The van der Waals surface area contributed by atoms with E-state index in [-0.39, 0.29) is 0 Å². The van der Waals surface area contributed by atoms with E-state index in [4.69, 9.17) is 5.11 Å². The Balaban J connectivity index is 2.26. The maximum atomic E-state index is 10.4. The van der Waals surface area contributed by atoms with Crippen LogP contribution in [0.25, 0.3) is 0 Å². The van der Waals surface area contributed by atoms with Gasteiger partial charge >= 0.3 is 5.97 Å². The molecule has 0 bridgehead atoms. The van der Waals surface area contributed by atoms with E-state index in [1.807, 2.05) is 6.08 Å². The lowest BCUT2D eigenvalue weighted by Gasteiger charge is -2.20. The van der Waals surface area contributed by atoms with Gasteiger partial charge in [0, 0.05) is 19.0 Å². The molecule has 1 aliphatic heterocycles. The molecule has 1 heterocycles. The predicted octanol–water partition coefficient (Wildman–Crippen LogP) is 1.75. The Morgan fingerprint density at radius 1 is 1.79 bits per heavy atom. The summed E-state index contributed by atoms with van der Waals surface area (Å²) in [5.74, 6) is -0.117. The number of hydrogen-bond donors (Lipinski definition) is 1. The van der Waals surface area contributed by atoms with Crippen LogP contribution in [0, 0.1) is 5.92 Å². The van der Waals surface area contributed by atoms with Crippen molar-refractivity contribution in [2.75, 3.05) is 13.1 Å². The lowest BCUT2D eigenvalue weighted by atomic mass is 10.0. The number of nitrogens with zero attached hydrogens (tertiary/aromatic N) is 1. The topological polar surface area (TPSA) is 40.5 Å². The van der Waals surface area contributed by atoms with Crippen LogP contribution in [0.2, 0.25) is 0 Å². The van der Waals surface area contributed by atoms with Gasteiger partial charge in [-0.2, -0.15) is 0 Å². The molecule has 0 spiro atoms. The van der Waals surface area contributed by atoms with Crippen LogP contribution in [0.15, 0.2) is 12.7 Å². The Morgan fingerprint density at radius 2 is 2.50 bits per heavy atom. The quantitative estimate of drug-likeness (QED) is 0.682. The van der Waals surface area contributed by atoms with Crippen LogP contribution < -0.4 is 0 Å². The van der Waals surface area contributed by atoms with Crippen LogP contribution >= 0.6 is 0 Å². The summed E-state index contributed by atoms with van der Waals surface area (Å²) >= 11 is 0. The van der Waals surface area contributed by atoms with Gasteiger partial charge < -0.3 is 5.11 Å². The zero-order chi connectivity index (χ0) is 10.6. The van der Waals surface area contributed by atoms with Gasteiger partial charge in [-0.1, -0.05) is 6.08 Å². The summed E-state index contributed by atoms with van der Waals surface area (Å²) in [4.78, 5) is 12.8. The summed E-state index contributed by atoms with van der Waals surface area (Å²) in [6.45, 7) is 8.01. The van der Waals surface area contributed by atoms with Crippen molar-refractivity contribution in [3.63, 3.8) is 0 Å². The third-order valence-corrected chi connectivity index (χ3v) is 3.00. The van der Waals surface area contributed by atoms with E-state index < -0.39 is 5.97 Å². The molecule has 3 heteroatoms. The number of carbonyl (C=O) groups is 1. The van der Waals surface area contributed by atoms with Gasteiger partial charge in [0.1, 0.15) is 0 Å². The lowest BCUT2D eigenvalue weighted by molar-refractivity contribution is -0.137. The van der Waals surface area contributed by atoms with Crippen molar-refractivity contribution in [1.29, 1.82) is 0 Å². The van der Waals surface area contributed by atoms with Gasteiger partial charge in [0.25, 0.3) is 0 Å². The zero-order valence-electron chi connectivity index (χ0n) is 8.78. The van der Waals surface area contributed by atoms with Gasteiger partial charge in [-0.25, -0.2) is 0 Å². The van der Waals surface area contributed by atoms with Crippen LogP contribution in [-0.4, -0.2) is 35.1 Å². The monoisotopic (exact) mass is 197 g/mol. The molecule has 14 heavy (non-hydrogen) atoms. The SMILES string of the molecule is C=CC(C)N1CCC(CCC(=O)O)C1. The smallest absolute Gasteiger partial charge is 0.303 e. The second kappa shape index (κ2) is 5.15. The molecular weight excluding hydrogens is 178 g/mol. The Hall–Kier alpha value is -0.830. The van der Waals surface area contributed by atoms with Gasteiger partial charge in [-0.15, -0.1) is 6.58 Å². The third kappa shape index (κ3) is 3.14. The predicted molar refractivity (Wildman–Crippen MR) is 56.2 cm³/mol. The van der Waals surface area contributed by atoms with Crippen LogP contribution in [0.3, 0.4) is 0 Å². The summed E-state index contributed by atoms with van der Waals surface area (Å²) < 4.78 is 0. The summed E-state index contributed by atoms with van der Waals surface area (Å²) in [6, 6.07) is 0.421. The standard InChI is InChI=1S/C11H19NO2/c1-3-9(2)12-7-6-10(8-12)4-5-11(13)14/h3,9-10H,1,4-8H2,2H3,(H,13,14). The molecule has 1 rings (SSSR count). The molecule has 0 aromatic carbocycles. The minimum Gasteiger partial charge on any atom is -0.481 e. The molecule has 3 nitrogen and oxygen atoms in total. The first-order chi connectivity index (χ1) is 6.63. The second-order valence-corrected chi connectivity index (χ2v) is 4.06. The molecule has 1 saturated heterocycles. The Kier molecular flexibility index (Phi) is 4.14. The van der Waals surface area contributed by atoms with Crippen molar-refractivity contribution in [3.8, 4) is 0 Å². The van der Waals surface area contributed by atoms with E-state index >= 15 is 0 Å². The molecule has 0 aromatic heterocycles. The maximum absolute atomic E-state index is 10.4. The minimum atomic E-state index is -0.680. The average molecular weight is 197 g/mol. The van der Waals surface area contributed by atoms with E-state index in [0.717, 1.165) is 25.9 Å². The Morgan fingerprint density at radius 3 is 3.07 bits per heavy atom. The third-order valence-electron chi connectivity index (χ3n) is 3.00. The number of rotatable bonds is 5. The van der Waals surface area contributed by atoms with Crippen molar-refractivity contribution >= 4 is 5.97 Å². The van der Waals surface area contributed by atoms with Gasteiger partial charge in [0.05, 0.1) is 0 Å². The van der Waals surface area contributed by atoms with E-state index in [2.05, 4.69) is 18.4 Å². The number of aliphatic carboxylic acids is 1. The molecule has 80 valence electrons. The average Bonchev–Trinajstić information content (AvgIpc) is 2.62. The second-order valence-electron chi connectivity index (χ2n) is 4.06. The summed E-state index contributed by atoms with van der Waals surface area (Å²) in [7, 11) is 0. The molecular formula is C11H19NO2. The Labute approximate surface area is 85.4 Å². The first-order valence-electron chi connectivity index (χ1n) is 5.22. The van der Waals surface area contributed by atoms with Gasteiger partial charge in [-0.05, 0) is 32.2 Å². The van der Waals surface area contributed by atoms with Crippen molar-refractivity contribution in [2.45, 2.75) is 32.2 Å². The molecule has 1 fully saturated rings. The molecule has 0 radical (unpaired) electrons. The van der Waals surface area contributed by atoms with Crippen LogP contribution in [0.1, 0.15) is 26.2 Å². The molecule has 2 unspecified atom stereocenters. The van der Waals surface area contributed by atoms with Crippen molar-refractivity contribution < 1.29 is 9.90 Å². The molecule has 0 aliphatic carbocycles. The van der Waals surface area contributed by atoms with Crippen molar-refractivity contribution in [3.05, 3.63) is 12.7 Å². The van der Waals surface area contributed by atoms with E-state index in [0.29, 0.717) is 18.4 Å². The molecule has 1 N–H and O–H groups in total. The number of likely N-dealkylation sites (tertiary alicyclic amines) is 1. The fourth-order valence-corrected chi connectivity index (χ4v) is 1.94. The van der Waals surface area contributed by atoms with Crippen molar-refractivity contribution in [1.82, 2.24) is 4.90 Å². The van der Waals surface area contributed by atoms with E-state index in [9.17, 15) is 4.79 Å². The first kappa shape index (κ1) is 11.2. The largest absolute Gasteiger partial charge is 0.481 e. The fourth-order valence-electron chi connectivity index (χ4n) is 1.94. The van der Waals surface area contributed by atoms with E-state index in [1.54, 1.807) is 0 Å². The summed E-state index contributed by atoms with van der Waals surface area (Å²) in [6.07, 6.45) is 4.20. The Bertz CT molecular complexity index is 215. The molecule has 2 atom stereocenters.